The highest BCUT2D eigenvalue weighted by molar-refractivity contribution is 5.55. The normalized spacial score (nSPS) is 17.7. The molecule has 2 aromatic heterocycles. The maximum Gasteiger partial charge on any atom is 0.416 e. The second kappa shape index (κ2) is 7.34. The van der Waals surface area contributed by atoms with E-state index in [1.54, 1.807) is 6.33 Å². The van der Waals surface area contributed by atoms with Crippen molar-refractivity contribution in [3.8, 4) is 11.4 Å². The summed E-state index contributed by atoms with van der Waals surface area (Å²) in [4.78, 5) is 10.5. The van der Waals surface area contributed by atoms with Crippen LogP contribution in [-0.4, -0.2) is 42.9 Å². The first-order chi connectivity index (χ1) is 13.4. The number of aromatic nitrogens is 5. The van der Waals surface area contributed by atoms with Crippen molar-refractivity contribution in [2.45, 2.75) is 38.0 Å². The first-order valence-electron chi connectivity index (χ1n) is 9.01. The number of benzene rings is 1. The molecular weight excluding hydrogens is 373 g/mol. The van der Waals surface area contributed by atoms with Gasteiger partial charge in [0.15, 0.2) is 0 Å². The average molecular weight is 392 g/mol. The van der Waals surface area contributed by atoms with Gasteiger partial charge in [-0.2, -0.15) is 23.3 Å². The van der Waals surface area contributed by atoms with Crippen molar-refractivity contribution in [2.24, 2.45) is 0 Å². The van der Waals surface area contributed by atoms with Gasteiger partial charge in [-0.25, -0.2) is 9.67 Å². The van der Waals surface area contributed by atoms with Crippen LogP contribution in [0.2, 0.25) is 0 Å². The third-order valence-electron chi connectivity index (χ3n) is 5.10. The predicted molar refractivity (Wildman–Crippen MR) is 93.0 cm³/mol. The number of rotatable bonds is 4. The Hall–Kier alpha value is -2.75. The second-order valence-electron chi connectivity index (χ2n) is 6.85. The molecule has 0 spiro atoms. The number of alkyl halides is 3. The van der Waals surface area contributed by atoms with Crippen LogP contribution >= 0.6 is 0 Å². The van der Waals surface area contributed by atoms with Crippen LogP contribution in [0.1, 0.15) is 43.3 Å². The lowest BCUT2D eigenvalue weighted by Crippen LogP contribution is -2.36. The summed E-state index contributed by atoms with van der Waals surface area (Å²) < 4.78 is 46.0. The molecule has 1 aliphatic heterocycles. The number of piperidine rings is 1. The number of nitrogens with zero attached hydrogens (tertiary/aromatic N) is 6. The Morgan fingerprint density at radius 3 is 2.68 bits per heavy atom. The third-order valence-corrected chi connectivity index (χ3v) is 5.10. The Balaban J connectivity index is 1.44. The first kappa shape index (κ1) is 18.6. The van der Waals surface area contributed by atoms with E-state index < -0.39 is 11.7 Å². The molecule has 1 atom stereocenters. The summed E-state index contributed by atoms with van der Waals surface area (Å²) in [5.41, 5.74) is -0.457. The SMILES string of the molecule is CC(c1nc(-c2cccc(C(F)(F)F)c2)no1)N1CCC(n2cncn2)CC1. The lowest BCUT2D eigenvalue weighted by molar-refractivity contribution is -0.137. The minimum absolute atomic E-state index is 0.122. The van der Waals surface area contributed by atoms with Crippen LogP contribution < -0.4 is 0 Å². The van der Waals surface area contributed by atoms with Crippen LogP contribution in [-0.2, 0) is 6.18 Å². The van der Waals surface area contributed by atoms with Gasteiger partial charge in [-0.3, -0.25) is 4.90 Å². The molecule has 1 unspecified atom stereocenters. The van der Waals surface area contributed by atoms with Crippen molar-refractivity contribution >= 4 is 0 Å². The first-order valence-corrected chi connectivity index (χ1v) is 9.01. The van der Waals surface area contributed by atoms with E-state index in [1.807, 2.05) is 11.6 Å². The fourth-order valence-electron chi connectivity index (χ4n) is 3.46. The summed E-state index contributed by atoms with van der Waals surface area (Å²) in [5.74, 6) is 0.553. The second-order valence-corrected chi connectivity index (χ2v) is 6.85. The molecule has 1 aliphatic rings. The number of hydrogen-bond donors (Lipinski definition) is 0. The summed E-state index contributed by atoms with van der Waals surface area (Å²) in [6.45, 7) is 3.61. The quantitative estimate of drug-likeness (QED) is 0.673. The largest absolute Gasteiger partial charge is 0.416 e. The highest BCUT2D eigenvalue weighted by Crippen LogP contribution is 2.32. The molecule has 4 rings (SSSR count). The molecule has 0 bridgehead atoms. The van der Waals surface area contributed by atoms with Gasteiger partial charge in [-0.05, 0) is 31.9 Å². The minimum atomic E-state index is -4.41. The average Bonchev–Trinajstić information content (AvgIpc) is 3.39. The Labute approximate surface area is 159 Å². The van der Waals surface area contributed by atoms with Gasteiger partial charge in [0, 0.05) is 18.7 Å². The van der Waals surface area contributed by atoms with E-state index in [2.05, 4.69) is 25.1 Å². The van der Waals surface area contributed by atoms with Crippen molar-refractivity contribution in [1.29, 1.82) is 0 Å². The maximum absolute atomic E-state index is 12.9. The molecular formula is C18H19F3N6O. The van der Waals surface area contributed by atoms with Crippen LogP contribution in [0.25, 0.3) is 11.4 Å². The van der Waals surface area contributed by atoms with Crippen molar-refractivity contribution in [3.63, 3.8) is 0 Å². The van der Waals surface area contributed by atoms with E-state index >= 15 is 0 Å². The van der Waals surface area contributed by atoms with Crippen LogP contribution in [0.4, 0.5) is 13.2 Å². The molecule has 3 heterocycles. The van der Waals surface area contributed by atoms with E-state index in [0.29, 0.717) is 11.9 Å². The summed E-state index contributed by atoms with van der Waals surface area (Å²) in [5, 5.41) is 8.07. The van der Waals surface area contributed by atoms with E-state index in [1.165, 1.54) is 18.5 Å². The lowest BCUT2D eigenvalue weighted by atomic mass is 10.0. The van der Waals surface area contributed by atoms with Gasteiger partial charge < -0.3 is 4.52 Å². The van der Waals surface area contributed by atoms with E-state index in [4.69, 9.17) is 4.52 Å². The van der Waals surface area contributed by atoms with Crippen molar-refractivity contribution in [2.75, 3.05) is 13.1 Å². The minimum Gasteiger partial charge on any atom is -0.337 e. The molecule has 0 aliphatic carbocycles. The predicted octanol–water partition coefficient (Wildman–Crippen LogP) is 3.75. The van der Waals surface area contributed by atoms with Crippen molar-refractivity contribution in [1.82, 2.24) is 29.8 Å². The third kappa shape index (κ3) is 3.77. The highest BCUT2D eigenvalue weighted by Gasteiger charge is 2.31. The zero-order chi connectivity index (χ0) is 19.7. The van der Waals surface area contributed by atoms with Gasteiger partial charge >= 0.3 is 6.18 Å². The van der Waals surface area contributed by atoms with E-state index in [-0.39, 0.29) is 17.4 Å². The molecule has 0 amide bonds. The zero-order valence-electron chi connectivity index (χ0n) is 15.2. The van der Waals surface area contributed by atoms with Gasteiger partial charge in [0.05, 0.1) is 17.6 Å². The molecule has 1 aromatic carbocycles. The van der Waals surface area contributed by atoms with E-state index in [0.717, 1.165) is 38.1 Å². The molecule has 3 aromatic rings. The molecule has 148 valence electrons. The molecule has 10 heteroatoms. The topological polar surface area (TPSA) is 72.9 Å². The molecule has 1 fully saturated rings. The van der Waals surface area contributed by atoms with Crippen LogP contribution in [0.5, 0.6) is 0 Å². The fraction of sp³-hybridized carbons (Fsp3) is 0.444. The van der Waals surface area contributed by atoms with Gasteiger partial charge in [-0.15, -0.1) is 0 Å². The highest BCUT2D eigenvalue weighted by atomic mass is 19.4. The number of hydrogen-bond acceptors (Lipinski definition) is 6. The zero-order valence-corrected chi connectivity index (χ0v) is 15.2. The van der Waals surface area contributed by atoms with Gasteiger partial charge in [-0.1, -0.05) is 17.3 Å². The standard InChI is InChI=1S/C18H19F3N6O/c1-12(26-7-5-15(6-8-26)27-11-22-10-23-27)17-24-16(25-28-17)13-3-2-4-14(9-13)18(19,20)21/h2-4,9-12,15H,5-8H2,1H3. The Morgan fingerprint density at radius 1 is 1.21 bits per heavy atom. The molecule has 28 heavy (non-hydrogen) atoms. The summed E-state index contributed by atoms with van der Waals surface area (Å²) in [6.07, 6.45) is 0.681. The molecule has 0 N–H and O–H groups in total. The van der Waals surface area contributed by atoms with Crippen molar-refractivity contribution in [3.05, 3.63) is 48.4 Å². The number of halogens is 3. The molecule has 7 nitrogen and oxygen atoms in total. The summed E-state index contributed by atoms with van der Waals surface area (Å²) in [6, 6.07) is 5.12. The number of likely N-dealkylation sites (tertiary alicyclic amines) is 1. The molecule has 0 saturated carbocycles. The Kier molecular flexibility index (Phi) is 4.88. The fourth-order valence-corrected chi connectivity index (χ4v) is 3.46. The lowest BCUT2D eigenvalue weighted by Gasteiger charge is -2.34. The van der Waals surface area contributed by atoms with Crippen molar-refractivity contribution < 1.29 is 17.7 Å². The van der Waals surface area contributed by atoms with Gasteiger partial charge in [0.1, 0.15) is 12.7 Å². The Morgan fingerprint density at radius 2 is 2.00 bits per heavy atom. The van der Waals surface area contributed by atoms with Gasteiger partial charge in [0.2, 0.25) is 11.7 Å². The summed E-state index contributed by atoms with van der Waals surface area (Å²) >= 11 is 0. The Bertz CT molecular complexity index is 916. The van der Waals surface area contributed by atoms with Crippen LogP contribution in [0.3, 0.4) is 0 Å². The monoisotopic (exact) mass is 392 g/mol. The smallest absolute Gasteiger partial charge is 0.337 e. The maximum atomic E-state index is 12.9. The molecule has 1 saturated heterocycles. The molecule has 0 radical (unpaired) electrons. The van der Waals surface area contributed by atoms with Crippen LogP contribution in [0.15, 0.2) is 41.4 Å². The van der Waals surface area contributed by atoms with Gasteiger partial charge in [0.25, 0.3) is 0 Å². The van der Waals surface area contributed by atoms with Crippen LogP contribution in [0, 0.1) is 0 Å². The summed E-state index contributed by atoms with van der Waals surface area (Å²) in [7, 11) is 0. The van der Waals surface area contributed by atoms with E-state index in [9.17, 15) is 13.2 Å².